The third-order valence-corrected chi connectivity index (χ3v) is 5.74. The van der Waals surface area contributed by atoms with Gasteiger partial charge in [-0.25, -0.2) is 15.0 Å². The molecular weight excluding hydrogens is 310 g/mol. The van der Waals surface area contributed by atoms with Gasteiger partial charge in [0.1, 0.15) is 17.0 Å². The normalized spacial score (nSPS) is 23.4. The Bertz CT molecular complexity index is 732. The molecule has 2 unspecified atom stereocenters. The van der Waals surface area contributed by atoms with E-state index in [1.54, 1.807) is 11.8 Å². The van der Waals surface area contributed by atoms with Crippen molar-refractivity contribution in [3.8, 4) is 0 Å². The van der Waals surface area contributed by atoms with Gasteiger partial charge in [-0.3, -0.25) is 4.79 Å². The van der Waals surface area contributed by atoms with Crippen LogP contribution in [-0.2, 0) is 0 Å². The second-order valence-corrected chi connectivity index (χ2v) is 7.27. The first-order valence-electron chi connectivity index (χ1n) is 7.85. The highest BCUT2D eigenvalue weighted by Crippen LogP contribution is 2.34. The number of aryl methyl sites for hydroxylation is 2. The molecule has 0 spiro atoms. The first kappa shape index (κ1) is 14.6. The smallest absolute Gasteiger partial charge is 0.265 e. The average Bonchev–Trinajstić information content (AvgIpc) is 3.20. The number of likely N-dealkylation sites (tertiary alicyclic amines) is 1. The Morgan fingerprint density at radius 1 is 1.13 bits per heavy atom. The molecule has 6 nitrogen and oxygen atoms in total. The molecule has 120 valence electrons. The Hall–Kier alpha value is -2.02. The highest BCUT2D eigenvalue weighted by atomic mass is 32.1. The molecule has 7 heteroatoms. The van der Waals surface area contributed by atoms with Gasteiger partial charge in [-0.1, -0.05) is 0 Å². The van der Waals surface area contributed by atoms with Crippen molar-refractivity contribution >= 4 is 23.1 Å². The highest BCUT2D eigenvalue weighted by Gasteiger charge is 2.42. The molecule has 0 N–H and O–H groups in total. The summed E-state index contributed by atoms with van der Waals surface area (Å²) in [6.45, 7) is 7.49. The summed E-state index contributed by atoms with van der Waals surface area (Å²) in [7, 11) is 0. The van der Waals surface area contributed by atoms with Crippen LogP contribution in [0.25, 0.3) is 0 Å². The lowest BCUT2D eigenvalue weighted by atomic mass is 10.0. The second-order valence-electron chi connectivity index (χ2n) is 6.42. The lowest BCUT2D eigenvalue weighted by Gasteiger charge is -2.22. The van der Waals surface area contributed by atoms with Crippen LogP contribution in [0.1, 0.15) is 21.1 Å². The van der Waals surface area contributed by atoms with E-state index in [0.717, 1.165) is 48.3 Å². The lowest BCUT2D eigenvalue weighted by molar-refractivity contribution is 0.0786. The summed E-state index contributed by atoms with van der Waals surface area (Å²) < 4.78 is 0. The minimum absolute atomic E-state index is 0.142. The summed E-state index contributed by atoms with van der Waals surface area (Å²) in [6, 6.07) is 2.03. The number of carbonyl (C=O) groups is 1. The molecule has 23 heavy (non-hydrogen) atoms. The van der Waals surface area contributed by atoms with Gasteiger partial charge in [0.05, 0.1) is 11.2 Å². The zero-order valence-corrected chi connectivity index (χ0v) is 14.1. The van der Waals surface area contributed by atoms with E-state index in [-0.39, 0.29) is 5.91 Å². The SMILES string of the molecule is Cc1cc(N2CC3CN(C(=O)c4scnc4C)CC3C2)ncn1. The zero-order valence-electron chi connectivity index (χ0n) is 13.3. The molecule has 0 saturated carbocycles. The van der Waals surface area contributed by atoms with Gasteiger partial charge in [-0.15, -0.1) is 11.3 Å². The van der Waals surface area contributed by atoms with Crippen LogP contribution in [0, 0.1) is 25.7 Å². The van der Waals surface area contributed by atoms with Gasteiger partial charge < -0.3 is 9.80 Å². The second kappa shape index (κ2) is 5.56. The van der Waals surface area contributed by atoms with E-state index in [0.29, 0.717) is 11.8 Å². The van der Waals surface area contributed by atoms with Crippen molar-refractivity contribution in [3.05, 3.63) is 34.2 Å². The number of nitrogens with zero attached hydrogens (tertiary/aromatic N) is 5. The van der Waals surface area contributed by atoms with Gasteiger partial charge >= 0.3 is 0 Å². The minimum atomic E-state index is 0.142. The fraction of sp³-hybridized carbons (Fsp3) is 0.500. The van der Waals surface area contributed by atoms with Crippen molar-refractivity contribution < 1.29 is 4.79 Å². The highest BCUT2D eigenvalue weighted by molar-refractivity contribution is 7.11. The minimum Gasteiger partial charge on any atom is -0.356 e. The number of amides is 1. The molecule has 2 aliphatic heterocycles. The number of anilines is 1. The van der Waals surface area contributed by atoms with Gasteiger partial charge in [-0.2, -0.15) is 0 Å². The molecule has 2 saturated heterocycles. The van der Waals surface area contributed by atoms with Crippen LogP contribution in [-0.4, -0.2) is 51.9 Å². The van der Waals surface area contributed by atoms with Gasteiger partial charge in [0, 0.05) is 49.8 Å². The number of hydrogen-bond acceptors (Lipinski definition) is 6. The maximum Gasteiger partial charge on any atom is 0.265 e. The number of aromatic nitrogens is 3. The molecule has 4 heterocycles. The van der Waals surface area contributed by atoms with E-state index in [1.165, 1.54) is 11.3 Å². The molecule has 0 aliphatic carbocycles. The summed E-state index contributed by atoms with van der Waals surface area (Å²) >= 11 is 1.44. The molecule has 0 aromatic carbocycles. The molecule has 1 amide bonds. The molecule has 0 radical (unpaired) electrons. The number of rotatable bonds is 2. The molecule has 4 rings (SSSR count). The quantitative estimate of drug-likeness (QED) is 0.840. The lowest BCUT2D eigenvalue weighted by Crippen LogP contribution is -2.33. The molecular formula is C16H19N5OS. The summed E-state index contributed by atoms with van der Waals surface area (Å²) in [5.41, 5.74) is 3.58. The van der Waals surface area contributed by atoms with Gasteiger partial charge in [0.25, 0.3) is 5.91 Å². The monoisotopic (exact) mass is 329 g/mol. The Balaban J connectivity index is 1.44. The molecule has 2 atom stereocenters. The first-order valence-corrected chi connectivity index (χ1v) is 8.72. The van der Waals surface area contributed by atoms with Gasteiger partial charge in [-0.05, 0) is 13.8 Å². The standard InChI is InChI=1S/C16H19N5OS/c1-10-3-14(18-8-17-10)20-4-12-6-21(7-13(12)5-20)16(22)15-11(2)19-9-23-15/h3,8-9,12-13H,4-7H2,1-2H3. The predicted molar refractivity (Wildman–Crippen MR) is 88.7 cm³/mol. The zero-order chi connectivity index (χ0) is 16.0. The van der Waals surface area contributed by atoms with Crippen molar-refractivity contribution in [3.63, 3.8) is 0 Å². The van der Waals surface area contributed by atoms with E-state index >= 15 is 0 Å². The van der Waals surface area contributed by atoms with Crippen LogP contribution in [0.5, 0.6) is 0 Å². The summed E-state index contributed by atoms with van der Waals surface area (Å²) in [5.74, 6) is 2.21. The van der Waals surface area contributed by atoms with Crippen LogP contribution in [0.3, 0.4) is 0 Å². The number of thiazole rings is 1. The van der Waals surface area contributed by atoms with Crippen LogP contribution in [0.4, 0.5) is 5.82 Å². The fourth-order valence-corrected chi connectivity index (χ4v) is 4.38. The van der Waals surface area contributed by atoms with E-state index < -0.39 is 0 Å². The topological polar surface area (TPSA) is 62.2 Å². The number of carbonyl (C=O) groups excluding carboxylic acids is 1. The van der Waals surface area contributed by atoms with E-state index in [9.17, 15) is 4.79 Å². The molecule has 0 bridgehead atoms. The predicted octanol–water partition coefficient (Wildman–Crippen LogP) is 1.76. The third-order valence-electron chi connectivity index (χ3n) is 4.83. The Morgan fingerprint density at radius 3 is 2.48 bits per heavy atom. The average molecular weight is 329 g/mol. The molecule has 2 fully saturated rings. The fourth-order valence-electron chi connectivity index (χ4n) is 3.61. The molecule has 2 aliphatic rings. The van der Waals surface area contributed by atoms with Crippen molar-refractivity contribution in [2.45, 2.75) is 13.8 Å². The maximum atomic E-state index is 12.6. The van der Waals surface area contributed by atoms with Crippen LogP contribution < -0.4 is 4.90 Å². The summed E-state index contributed by atoms with van der Waals surface area (Å²) in [4.78, 5) is 30.5. The van der Waals surface area contributed by atoms with Crippen LogP contribution in [0.2, 0.25) is 0 Å². The van der Waals surface area contributed by atoms with E-state index in [4.69, 9.17) is 0 Å². The van der Waals surface area contributed by atoms with Crippen molar-refractivity contribution in [2.75, 3.05) is 31.1 Å². The number of fused-ring (bicyclic) bond motifs is 1. The van der Waals surface area contributed by atoms with E-state index in [2.05, 4.69) is 19.9 Å². The molecule has 2 aromatic rings. The van der Waals surface area contributed by atoms with Crippen LogP contribution in [0.15, 0.2) is 17.9 Å². The van der Waals surface area contributed by atoms with Crippen molar-refractivity contribution in [1.29, 1.82) is 0 Å². The maximum absolute atomic E-state index is 12.6. The first-order chi connectivity index (χ1) is 11.1. The summed E-state index contributed by atoms with van der Waals surface area (Å²) in [5, 5.41) is 0. The largest absolute Gasteiger partial charge is 0.356 e. The van der Waals surface area contributed by atoms with Gasteiger partial charge in [0.2, 0.25) is 0 Å². The Morgan fingerprint density at radius 2 is 1.87 bits per heavy atom. The Kier molecular flexibility index (Phi) is 3.52. The number of hydrogen-bond donors (Lipinski definition) is 0. The van der Waals surface area contributed by atoms with Crippen molar-refractivity contribution in [1.82, 2.24) is 19.9 Å². The Labute approximate surface area is 139 Å². The molecule has 2 aromatic heterocycles. The van der Waals surface area contributed by atoms with Crippen LogP contribution >= 0.6 is 11.3 Å². The van der Waals surface area contributed by atoms with Crippen molar-refractivity contribution in [2.24, 2.45) is 11.8 Å². The third kappa shape index (κ3) is 2.59. The summed E-state index contributed by atoms with van der Waals surface area (Å²) in [6.07, 6.45) is 1.63. The van der Waals surface area contributed by atoms with E-state index in [1.807, 2.05) is 24.8 Å². The van der Waals surface area contributed by atoms with Gasteiger partial charge in [0.15, 0.2) is 0 Å².